The van der Waals surface area contributed by atoms with Crippen molar-refractivity contribution in [1.82, 2.24) is 19.9 Å². The van der Waals surface area contributed by atoms with Gasteiger partial charge in [-0.25, -0.2) is 19.3 Å². The Labute approximate surface area is 228 Å². The Morgan fingerprint density at radius 3 is 2.79 bits per heavy atom. The first-order valence-electron chi connectivity index (χ1n) is 12.5. The third-order valence-electron chi connectivity index (χ3n) is 6.81. The highest BCUT2D eigenvalue weighted by Crippen LogP contribution is 2.41. The minimum Gasteiger partial charge on any atom is -0.496 e. The van der Waals surface area contributed by atoms with Gasteiger partial charge in [0.1, 0.15) is 22.8 Å². The molecule has 1 aliphatic heterocycles. The Bertz CT molecular complexity index is 1680. The highest BCUT2D eigenvalue weighted by Gasteiger charge is 2.29. The number of aryl methyl sites for hydroxylation is 1. The number of thiazole rings is 1. The molecule has 3 aromatic heterocycles. The van der Waals surface area contributed by atoms with E-state index in [4.69, 9.17) is 9.72 Å². The summed E-state index contributed by atoms with van der Waals surface area (Å²) in [5.74, 6) is -0.321. The van der Waals surface area contributed by atoms with Gasteiger partial charge in [-0.3, -0.25) is 9.78 Å². The molecule has 1 N–H and O–H groups in total. The number of hydrogen-bond donors (Lipinski definition) is 1. The van der Waals surface area contributed by atoms with E-state index in [2.05, 4.69) is 31.2 Å². The average Bonchev–Trinajstić information content (AvgIpc) is 3.59. The molecule has 0 radical (unpaired) electrons. The van der Waals surface area contributed by atoms with Crippen LogP contribution in [0.4, 0.5) is 15.8 Å². The number of hydrogen-bond acceptors (Lipinski definition) is 8. The summed E-state index contributed by atoms with van der Waals surface area (Å²) in [5.41, 5.74) is 3.66. The van der Waals surface area contributed by atoms with Crippen molar-refractivity contribution >= 4 is 38.8 Å². The second-order valence-corrected chi connectivity index (χ2v) is 10.5. The number of carbonyl (C=O) groups is 1. The van der Waals surface area contributed by atoms with Gasteiger partial charge in [-0.1, -0.05) is 12.1 Å². The van der Waals surface area contributed by atoms with E-state index in [1.165, 1.54) is 25.4 Å². The third-order valence-corrected chi connectivity index (χ3v) is 7.74. The van der Waals surface area contributed by atoms with Gasteiger partial charge in [0, 0.05) is 37.1 Å². The van der Waals surface area contributed by atoms with Crippen LogP contribution in [0.25, 0.3) is 21.6 Å². The Morgan fingerprint density at radius 2 is 1.97 bits per heavy atom. The molecular formula is C29H25FN6O2S. The number of halogens is 1. The van der Waals surface area contributed by atoms with E-state index >= 15 is 0 Å². The molecule has 0 aliphatic carbocycles. The Hall–Kier alpha value is -4.44. The van der Waals surface area contributed by atoms with Crippen molar-refractivity contribution in [2.45, 2.75) is 19.3 Å². The SMILES string of the molecule is COc1cccc(F)c1-c1nccc(C(=O)Nc2ccc3sc(C)nc3c2N2CCC(c3ccccn3)C2)n1. The monoisotopic (exact) mass is 540 g/mol. The lowest BCUT2D eigenvalue weighted by Gasteiger charge is -2.23. The summed E-state index contributed by atoms with van der Waals surface area (Å²) in [6, 6.07) is 15.8. The number of benzene rings is 2. The van der Waals surface area contributed by atoms with Crippen LogP contribution in [0.15, 0.2) is 67.0 Å². The van der Waals surface area contributed by atoms with Crippen molar-refractivity contribution in [3.63, 3.8) is 0 Å². The lowest BCUT2D eigenvalue weighted by molar-refractivity contribution is 0.102. The number of fused-ring (bicyclic) bond motifs is 1. The number of nitrogens with one attached hydrogen (secondary N) is 1. The summed E-state index contributed by atoms with van der Waals surface area (Å²) in [6.45, 7) is 3.55. The summed E-state index contributed by atoms with van der Waals surface area (Å²) in [7, 11) is 1.45. The van der Waals surface area contributed by atoms with Crippen LogP contribution in [0.5, 0.6) is 5.75 Å². The van der Waals surface area contributed by atoms with Crippen LogP contribution >= 0.6 is 11.3 Å². The molecule has 1 unspecified atom stereocenters. The quantitative estimate of drug-likeness (QED) is 0.289. The van der Waals surface area contributed by atoms with Gasteiger partial charge in [-0.05, 0) is 55.8 Å². The van der Waals surface area contributed by atoms with Gasteiger partial charge in [0.15, 0.2) is 5.82 Å². The van der Waals surface area contributed by atoms with Crippen LogP contribution in [0.2, 0.25) is 0 Å². The lowest BCUT2D eigenvalue weighted by atomic mass is 10.0. The number of carbonyl (C=O) groups excluding carboxylic acids is 1. The zero-order valence-corrected chi connectivity index (χ0v) is 22.2. The molecule has 39 heavy (non-hydrogen) atoms. The Balaban J connectivity index is 1.34. The molecule has 0 bridgehead atoms. The maximum atomic E-state index is 14.7. The fourth-order valence-electron chi connectivity index (χ4n) is 5.02. The summed E-state index contributed by atoms with van der Waals surface area (Å²) in [5, 5.41) is 3.99. The van der Waals surface area contributed by atoms with Crippen LogP contribution in [0, 0.1) is 12.7 Å². The molecule has 1 amide bonds. The van der Waals surface area contributed by atoms with Crippen LogP contribution in [-0.2, 0) is 0 Å². The zero-order chi connectivity index (χ0) is 26.9. The summed E-state index contributed by atoms with van der Waals surface area (Å²) >= 11 is 1.62. The van der Waals surface area contributed by atoms with Gasteiger partial charge >= 0.3 is 0 Å². The molecule has 6 rings (SSSR count). The van der Waals surface area contributed by atoms with Crippen molar-refractivity contribution in [2.75, 3.05) is 30.4 Å². The van der Waals surface area contributed by atoms with Crippen molar-refractivity contribution in [2.24, 2.45) is 0 Å². The fraction of sp³-hybridized carbons (Fsp3) is 0.207. The van der Waals surface area contributed by atoms with Crippen LogP contribution in [0.3, 0.4) is 0 Å². The number of anilines is 2. The second-order valence-electron chi connectivity index (χ2n) is 9.26. The maximum Gasteiger partial charge on any atom is 0.274 e. The topological polar surface area (TPSA) is 93.1 Å². The van der Waals surface area contributed by atoms with Gasteiger partial charge in [0.25, 0.3) is 5.91 Å². The van der Waals surface area contributed by atoms with Crippen molar-refractivity contribution in [3.05, 3.63) is 89.2 Å². The molecule has 0 spiro atoms. The molecule has 196 valence electrons. The largest absolute Gasteiger partial charge is 0.496 e. The predicted octanol–water partition coefficient (Wildman–Crippen LogP) is 5.85. The number of rotatable bonds is 6. The molecule has 1 aliphatic rings. The first-order chi connectivity index (χ1) is 19.0. The number of nitrogens with zero attached hydrogens (tertiary/aromatic N) is 5. The van der Waals surface area contributed by atoms with Gasteiger partial charge in [0.05, 0.1) is 33.8 Å². The maximum absolute atomic E-state index is 14.7. The van der Waals surface area contributed by atoms with E-state index in [1.807, 2.05) is 37.4 Å². The average molecular weight is 541 g/mol. The lowest BCUT2D eigenvalue weighted by Crippen LogP contribution is -2.23. The Morgan fingerprint density at radius 1 is 1.08 bits per heavy atom. The molecule has 2 aromatic carbocycles. The van der Waals surface area contributed by atoms with E-state index in [0.29, 0.717) is 5.69 Å². The van der Waals surface area contributed by atoms with Crippen LogP contribution in [-0.4, -0.2) is 46.0 Å². The van der Waals surface area contributed by atoms with E-state index in [9.17, 15) is 9.18 Å². The minimum atomic E-state index is -0.532. The molecule has 5 aromatic rings. The number of pyridine rings is 1. The zero-order valence-electron chi connectivity index (χ0n) is 21.4. The number of aromatic nitrogens is 4. The van der Waals surface area contributed by atoms with E-state index in [1.54, 1.807) is 23.5 Å². The molecule has 10 heteroatoms. The van der Waals surface area contributed by atoms with Crippen LogP contribution < -0.4 is 15.0 Å². The van der Waals surface area contributed by atoms with Gasteiger partial charge in [-0.2, -0.15) is 0 Å². The molecule has 8 nitrogen and oxygen atoms in total. The highest BCUT2D eigenvalue weighted by molar-refractivity contribution is 7.18. The molecule has 1 saturated heterocycles. The van der Waals surface area contributed by atoms with E-state index in [-0.39, 0.29) is 28.7 Å². The molecule has 1 atom stereocenters. The molecule has 0 saturated carbocycles. The van der Waals surface area contributed by atoms with Gasteiger partial charge < -0.3 is 15.0 Å². The minimum absolute atomic E-state index is 0.0705. The molecule has 1 fully saturated rings. The van der Waals surface area contributed by atoms with E-state index < -0.39 is 11.7 Å². The smallest absolute Gasteiger partial charge is 0.274 e. The highest BCUT2D eigenvalue weighted by atomic mass is 32.1. The van der Waals surface area contributed by atoms with Gasteiger partial charge in [-0.15, -0.1) is 11.3 Å². The summed E-state index contributed by atoms with van der Waals surface area (Å²) in [6.07, 6.45) is 4.21. The third kappa shape index (κ3) is 4.79. The van der Waals surface area contributed by atoms with Crippen molar-refractivity contribution < 1.29 is 13.9 Å². The normalized spacial score (nSPS) is 15.1. The first-order valence-corrected chi connectivity index (χ1v) is 13.4. The van der Waals surface area contributed by atoms with Crippen molar-refractivity contribution in [1.29, 1.82) is 0 Å². The molecular weight excluding hydrogens is 515 g/mol. The summed E-state index contributed by atoms with van der Waals surface area (Å²) < 4.78 is 21.0. The first kappa shape index (κ1) is 24.9. The Kier molecular flexibility index (Phi) is 6.62. The second kappa shape index (κ2) is 10.4. The fourth-order valence-corrected chi connectivity index (χ4v) is 5.85. The van der Waals surface area contributed by atoms with Crippen LogP contribution in [0.1, 0.15) is 33.5 Å². The number of ether oxygens (including phenoxy) is 1. The van der Waals surface area contributed by atoms with E-state index in [0.717, 1.165) is 46.1 Å². The standard InChI is InChI=1S/C29H25FN6O2S/c1-17-33-26-24(39-17)10-9-21(27(26)36-15-12-18(16-36)20-7-3-4-13-31-20)35-29(37)22-11-14-32-28(34-22)25-19(30)6-5-8-23(25)38-2/h3-11,13-14,18H,12,15-16H2,1-2H3,(H,35,37). The summed E-state index contributed by atoms with van der Waals surface area (Å²) in [4.78, 5) is 33.7. The number of methoxy groups -OCH3 is 1. The predicted molar refractivity (Wildman–Crippen MR) is 150 cm³/mol. The van der Waals surface area contributed by atoms with Crippen molar-refractivity contribution in [3.8, 4) is 17.1 Å². The van der Waals surface area contributed by atoms with Gasteiger partial charge in [0.2, 0.25) is 0 Å². The number of amides is 1. The molecule has 4 heterocycles.